The predicted octanol–water partition coefficient (Wildman–Crippen LogP) is 2.62. The van der Waals surface area contributed by atoms with Gasteiger partial charge >= 0.3 is 0 Å². The minimum atomic E-state index is 0.465. The fourth-order valence-electron chi connectivity index (χ4n) is 1.75. The van der Waals surface area contributed by atoms with Gasteiger partial charge in [0.05, 0.1) is 5.69 Å². The summed E-state index contributed by atoms with van der Waals surface area (Å²) in [6.07, 6.45) is 2.73. The van der Waals surface area contributed by atoms with Crippen molar-refractivity contribution in [3.05, 3.63) is 28.9 Å². The summed E-state index contributed by atoms with van der Waals surface area (Å²) >= 11 is 7.57. The molecule has 0 saturated heterocycles. The van der Waals surface area contributed by atoms with E-state index in [2.05, 4.69) is 25.6 Å². The third-order valence-electron chi connectivity index (χ3n) is 2.66. The van der Waals surface area contributed by atoms with Gasteiger partial charge in [0.15, 0.2) is 11.1 Å². The lowest BCUT2D eigenvalue weighted by molar-refractivity contribution is 0.740. The number of pyridine rings is 1. The molecule has 3 rings (SSSR count). The van der Waals surface area contributed by atoms with E-state index in [1.54, 1.807) is 6.20 Å². The Morgan fingerprint density at radius 3 is 3.16 bits per heavy atom. The van der Waals surface area contributed by atoms with Crippen LogP contribution in [0.5, 0.6) is 0 Å². The maximum atomic E-state index is 6.06. The molecule has 2 aromatic rings. The van der Waals surface area contributed by atoms with Gasteiger partial charge in [0.25, 0.3) is 0 Å². The molecular formula is C12H12ClN5S. The second kappa shape index (κ2) is 5.54. The highest BCUT2D eigenvalue weighted by Crippen LogP contribution is 2.28. The van der Waals surface area contributed by atoms with Crippen molar-refractivity contribution in [1.82, 2.24) is 15.3 Å². The van der Waals surface area contributed by atoms with Gasteiger partial charge in [-0.25, -0.2) is 9.97 Å². The minimum Gasteiger partial charge on any atom is -0.356 e. The van der Waals surface area contributed by atoms with Crippen LogP contribution in [0.3, 0.4) is 0 Å². The largest absolute Gasteiger partial charge is 0.356 e. The molecule has 19 heavy (non-hydrogen) atoms. The van der Waals surface area contributed by atoms with Crippen molar-refractivity contribution in [1.29, 1.82) is 0 Å². The van der Waals surface area contributed by atoms with E-state index in [9.17, 15) is 0 Å². The first-order valence-corrected chi connectivity index (χ1v) is 7.20. The molecule has 7 heteroatoms. The zero-order valence-electron chi connectivity index (χ0n) is 10.1. The van der Waals surface area contributed by atoms with E-state index >= 15 is 0 Å². The highest BCUT2D eigenvalue weighted by Gasteiger charge is 2.10. The molecule has 0 aromatic carbocycles. The SMILES string of the molecule is Clc1ncccc1-c1csc(NC2=NCCCN2)n1. The van der Waals surface area contributed by atoms with E-state index in [1.807, 2.05) is 17.5 Å². The first-order valence-electron chi connectivity index (χ1n) is 5.95. The van der Waals surface area contributed by atoms with Gasteiger partial charge in [0.1, 0.15) is 5.15 Å². The Bertz CT molecular complexity index is 610. The second-order valence-electron chi connectivity index (χ2n) is 4.02. The Morgan fingerprint density at radius 1 is 1.42 bits per heavy atom. The van der Waals surface area contributed by atoms with Crippen LogP contribution in [-0.4, -0.2) is 29.0 Å². The van der Waals surface area contributed by atoms with Crippen molar-refractivity contribution < 1.29 is 0 Å². The van der Waals surface area contributed by atoms with Crippen molar-refractivity contribution in [3.63, 3.8) is 0 Å². The van der Waals surface area contributed by atoms with Crippen LogP contribution in [0.4, 0.5) is 5.13 Å². The molecule has 0 bridgehead atoms. The van der Waals surface area contributed by atoms with Gasteiger partial charge in [-0.15, -0.1) is 11.3 Å². The van der Waals surface area contributed by atoms with Crippen LogP contribution in [0, 0.1) is 0 Å². The number of hydrogen-bond donors (Lipinski definition) is 2. The Balaban J connectivity index is 1.80. The molecule has 0 unspecified atom stereocenters. The van der Waals surface area contributed by atoms with E-state index in [0.29, 0.717) is 5.15 Å². The van der Waals surface area contributed by atoms with Crippen molar-refractivity contribution in [2.24, 2.45) is 4.99 Å². The highest BCUT2D eigenvalue weighted by molar-refractivity contribution is 7.14. The van der Waals surface area contributed by atoms with Crippen molar-refractivity contribution in [3.8, 4) is 11.3 Å². The summed E-state index contributed by atoms with van der Waals surface area (Å²) in [4.78, 5) is 12.9. The molecule has 0 fully saturated rings. The smallest absolute Gasteiger partial charge is 0.197 e. The number of thiazole rings is 1. The summed E-state index contributed by atoms with van der Waals surface area (Å²) in [5.74, 6) is 0.782. The third kappa shape index (κ3) is 2.85. The average molecular weight is 294 g/mol. The standard InChI is InChI=1S/C12H12ClN5S/c13-10-8(3-1-4-14-10)9-7-19-12(17-9)18-11-15-5-2-6-16-11/h1,3-4,7H,2,5-6H2,(H2,15,16,17,18). The zero-order chi connectivity index (χ0) is 13.1. The number of guanidine groups is 1. The number of hydrogen-bond acceptors (Lipinski definition) is 6. The molecule has 2 aromatic heterocycles. The van der Waals surface area contributed by atoms with Crippen LogP contribution in [0.2, 0.25) is 5.15 Å². The monoisotopic (exact) mass is 293 g/mol. The summed E-state index contributed by atoms with van der Waals surface area (Å²) in [7, 11) is 0. The summed E-state index contributed by atoms with van der Waals surface area (Å²) in [6.45, 7) is 1.79. The molecule has 0 spiro atoms. The molecule has 0 aliphatic carbocycles. The van der Waals surface area contributed by atoms with Gasteiger partial charge in [0.2, 0.25) is 0 Å². The molecule has 98 valence electrons. The third-order valence-corrected chi connectivity index (χ3v) is 3.72. The van der Waals surface area contributed by atoms with E-state index in [4.69, 9.17) is 11.6 Å². The maximum absolute atomic E-state index is 6.06. The van der Waals surface area contributed by atoms with Crippen LogP contribution in [-0.2, 0) is 0 Å². The molecular weight excluding hydrogens is 282 g/mol. The van der Waals surface area contributed by atoms with Crippen molar-refractivity contribution in [2.45, 2.75) is 6.42 Å². The van der Waals surface area contributed by atoms with Crippen LogP contribution >= 0.6 is 22.9 Å². The number of anilines is 1. The van der Waals surface area contributed by atoms with Crippen LogP contribution < -0.4 is 10.6 Å². The Morgan fingerprint density at radius 2 is 2.37 bits per heavy atom. The Hall–Kier alpha value is -1.66. The zero-order valence-corrected chi connectivity index (χ0v) is 11.6. The summed E-state index contributed by atoms with van der Waals surface area (Å²) < 4.78 is 0. The van der Waals surface area contributed by atoms with Gasteiger partial charge in [-0.1, -0.05) is 11.6 Å². The summed E-state index contributed by atoms with van der Waals surface area (Å²) in [5.41, 5.74) is 1.66. The first kappa shape index (κ1) is 12.4. The number of rotatable bonds is 2. The fourth-order valence-corrected chi connectivity index (χ4v) is 2.68. The maximum Gasteiger partial charge on any atom is 0.197 e. The number of nitrogens with zero attached hydrogens (tertiary/aromatic N) is 3. The number of aliphatic imine (C=N–C) groups is 1. The van der Waals surface area contributed by atoms with E-state index in [1.165, 1.54) is 11.3 Å². The first-order chi connectivity index (χ1) is 9.33. The average Bonchev–Trinajstić information content (AvgIpc) is 2.89. The van der Waals surface area contributed by atoms with Gasteiger partial charge in [-0.05, 0) is 18.6 Å². The van der Waals surface area contributed by atoms with Gasteiger partial charge in [-0.3, -0.25) is 4.99 Å². The Labute approximate surface area is 119 Å². The normalized spacial score (nSPS) is 14.7. The molecule has 3 heterocycles. The van der Waals surface area contributed by atoms with Gasteiger partial charge in [0, 0.05) is 30.2 Å². The minimum absolute atomic E-state index is 0.465. The molecule has 0 atom stereocenters. The van der Waals surface area contributed by atoms with Crippen molar-refractivity contribution in [2.75, 3.05) is 18.4 Å². The summed E-state index contributed by atoms with van der Waals surface area (Å²) in [5, 5.41) is 9.58. The topological polar surface area (TPSA) is 62.2 Å². The van der Waals surface area contributed by atoms with Crippen molar-refractivity contribution >= 4 is 34.0 Å². The molecule has 0 amide bonds. The fraction of sp³-hybridized carbons (Fsp3) is 0.250. The lowest BCUT2D eigenvalue weighted by Gasteiger charge is -2.14. The highest BCUT2D eigenvalue weighted by atomic mass is 35.5. The van der Waals surface area contributed by atoms with E-state index in [-0.39, 0.29) is 0 Å². The van der Waals surface area contributed by atoms with Crippen LogP contribution in [0.25, 0.3) is 11.3 Å². The molecule has 5 nitrogen and oxygen atoms in total. The molecule has 0 saturated carbocycles. The van der Waals surface area contributed by atoms with E-state index < -0.39 is 0 Å². The van der Waals surface area contributed by atoms with Gasteiger partial charge in [-0.2, -0.15) is 0 Å². The predicted molar refractivity (Wildman–Crippen MR) is 78.9 cm³/mol. The number of nitrogens with one attached hydrogen (secondary N) is 2. The molecule has 1 aliphatic rings. The molecule has 1 aliphatic heterocycles. The van der Waals surface area contributed by atoms with Gasteiger partial charge < -0.3 is 10.6 Å². The molecule has 2 N–H and O–H groups in total. The van der Waals surface area contributed by atoms with Crippen LogP contribution in [0.1, 0.15) is 6.42 Å². The Kier molecular flexibility index (Phi) is 3.61. The van der Waals surface area contributed by atoms with E-state index in [0.717, 1.165) is 41.9 Å². The molecule has 0 radical (unpaired) electrons. The second-order valence-corrected chi connectivity index (χ2v) is 5.23. The number of halogens is 1. The lowest BCUT2D eigenvalue weighted by atomic mass is 10.2. The quantitative estimate of drug-likeness (QED) is 0.836. The number of aromatic nitrogens is 2. The summed E-state index contributed by atoms with van der Waals surface area (Å²) in [6, 6.07) is 3.75. The lowest BCUT2D eigenvalue weighted by Crippen LogP contribution is -2.35. The van der Waals surface area contributed by atoms with Crippen LogP contribution in [0.15, 0.2) is 28.7 Å².